The lowest BCUT2D eigenvalue weighted by Crippen LogP contribution is -2.21. The van der Waals surface area contributed by atoms with Crippen LogP contribution in [0.3, 0.4) is 0 Å². The van der Waals surface area contributed by atoms with Crippen LogP contribution in [-0.4, -0.2) is 16.8 Å². The fourth-order valence-corrected chi connectivity index (χ4v) is 3.48. The Morgan fingerprint density at radius 3 is 2.67 bits per heavy atom. The van der Waals surface area contributed by atoms with E-state index in [4.69, 9.17) is 0 Å². The van der Waals surface area contributed by atoms with E-state index in [0.29, 0.717) is 0 Å². The van der Waals surface area contributed by atoms with Crippen molar-refractivity contribution in [1.82, 2.24) is 15.1 Å². The number of benzene rings is 1. The molecular formula is C15H18Br2FN3. The molecule has 1 heterocycles. The van der Waals surface area contributed by atoms with Crippen molar-refractivity contribution in [1.29, 1.82) is 0 Å². The Balaban J connectivity index is 2.35. The molecule has 6 heteroatoms. The highest BCUT2D eigenvalue weighted by Gasteiger charge is 2.19. The van der Waals surface area contributed by atoms with Crippen LogP contribution < -0.4 is 5.32 Å². The first-order chi connectivity index (χ1) is 9.97. The molecule has 0 aliphatic rings. The van der Waals surface area contributed by atoms with E-state index in [2.05, 4.69) is 49.2 Å². The average Bonchev–Trinajstić information content (AvgIpc) is 2.72. The Bertz CT molecular complexity index is 640. The van der Waals surface area contributed by atoms with Gasteiger partial charge >= 0.3 is 0 Å². The minimum Gasteiger partial charge on any atom is -0.313 e. The largest absolute Gasteiger partial charge is 0.313 e. The number of aryl methyl sites for hydroxylation is 2. The summed E-state index contributed by atoms with van der Waals surface area (Å²) in [6, 6.07) is 4.88. The number of likely N-dealkylation sites (N-methyl/N-ethyl adjacent to an activating group) is 1. The van der Waals surface area contributed by atoms with Crippen LogP contribution in [0, 0.1) is 12.7 Å². The second-order valence-corrected chi connectivity index (χ2v) is 6.52. The number of halogens is 3. The summed E-state index contributed by atoms with van der Waals surface area (Å²) < 4.78 is 17.1. The van der Waals surface area contributed by atoms with Gasteiger partial charge in [-0.25, -0.2) is 4.39 Å². The second-order valence-electron chi connectivity index (χ2n) is 4.87. The zero-order chi connectivity index (χ0) is 15.6. The van der Waals surface area contributed by atoms with Crippen LogP contribution in [0.4, 0.5) is 4.39 Å². The Morgan fingerprint density at radius 2 is 2.10 bits per heavy atom. The minimum atomic E-state index is -0.240. The van der Waals surface area contributed by atoms with Gasteiger partial charge < -0.3 is 5.32 Å². The van der Waals surface area contributed by atoms with E-state index in [9.17, 15) is 4.39 Å². The van der Waals surface area contributed by atoms with Crippen molar-refractivity contribution in [2.45, 2.75) is 32.9 Å². The highest BCUT2D eigenvalue weighted by Crippen LogP contribution is 2.30. The molecule has 0 aliphatic carbocycles. The van der Waals surface area contributed by atoms with Crippen LogP contribution >= 0.6 is 31.9 Å². The summed E-state index contributed by atoms with van der Waals surface area (Å²) in [6.07, 6.45) is 0.774. The molecule has 0 saturated heterocycles. The highest BCUT2D eigenvalue weighted by molar-refractivity contribution is 9.10. The van der Waals surface area contributed by atoms with Gasteiger partial charge in [0.05, 0.1) is 15.9 Å². The van der Waals surface area contributed by atoms with Gasteiger partial charge in [0.2, 0.25) is 0 Å². The maximum atomic E-state index is 13.3. The van der Waals surface area contributed by atoms with Crippen molar-refractivity contribution >= 4 is 31.9 Å². The summed E-state index contributed by atoms with van der Waals surface area (Å²) in [6.45, 7) is 4.88. The predicted octanol–water partition coefficient (Wildman–Crippen LogP) is 4.38. The number of rotatable bonds is 5. The molecule has 0 radical (unpaired) electrons. The molecule has 1 unspecified atom stereocenters. The smallest absolute Gasteiger partial charge is 0.124 e. The fraction of sp³-hybridized carbons (Fsp3) is 0.400. The number of hydrogen-bond acceptors (Lipinski definition) is 2. The fourth-order valence-electron chi connectivity index (χ4n) is 2.41. The summed E-state index contributed by atoms with van der Waals surface area (Å²) in [7, 11) is 1.91. The van der Waals surface area contributed by atoms with Gasteiger partial charge in [-0.2, -0.15) is 5.10 Å². The van der Waals surface area contributed by atoms with E-state index >= 15 is 0 Å². The number of nitrogens with zero attached hydrogens (tertiary/aromatic N) is 2. The highest BCUT2D eigenvalue weighted by atomic mass is 79.9. The maximum absolute atomic E-state index is 13.3. The molecule has 114 valence electrons. The van der Waals surface area contributed by atoms with Gasteiger partial charge in [-0.3, -0.25) is 4.68 Å². The molecule has 2 aromatic rings. The first kappa shape index (κ1) is 16.6. The first-order valence-electron chi connectivity index (χ1n) is 6.81. The van der Waals surface area contributed by atoms with Crippen molar-refractivity contribution in [3.05, 3.63) is 49.9 Å². The van der Waals surface area contributed by atoms with Crippen LogP contribution in [0.1, 0.15) is 29.9 Å². The van der Waals surface area contributed by atoms with Gasteiger partial charge in [0.15, 0.2) is 0 Å². The normalized spacial score (nSPS) is 12.7. The third kappa shape index (κ3) is 3.55. The molecule has 1 aromatic carbocycles. The number of aromatic nitrogens is 2. The van der Waals surface area contributed by atoms with Gasteiger partial charge in [-0.15, -0.1) is 0 Å². The zero-order valence-corrected chi connectivity index (χ0v) is 15.4. The van der Waals surface area contributed by atoms with Crippen LogP contribution in [0.5, 0.6) is 0 Å². The summed E-state index contributed by atoms with van der Waals surface area (Å²) in [5.41, 5.74) is 3.16. The number of nitrogens with one attached hydrogen (secondary N) is 1. The van der Waals surface area contributed by atoms with Crippen molar-refractivity contribution in [3.8, 4) is 0 Å². The lowest BCUT2D eigenvalue weighted by Gasteiger charge is -2.19. The lowest BCUT2D eigenvalue weighted by molar-refractivity contribution is 0.537. The molecule has 0 saturated carbocycles. The average molecular weight is 419 g/mol. The minimum absolute atomic E-state index is 0.0812. The van der Waals surface area contributed by atoms with Gasteiger partial charge in [-0.05, 0) is 54.5 Å². The van der Waals surface area contributed by atoms with E-state index in [0.717, 1.165) is 38.9 Å². The van der Waals surface area contributed by atoms with Gasteiger partial charge in [-0.1, -0.05) is 22.0 Å². The van der Waals surface area contributed by atoms with Crippen LogP contribution in [0.2, 0.25) is 0 Å². The molecule has 1 aromatic heterocycles. The van der Waals surface area contributed by atoms with Gasteiger partial charge in [0.25, 0.3) is 0 Å². The molecular weight excluding hydrogens is 401 g/mol. The van der Waals surface area contributed by atoms with Crippen molar-refractivity contribution < 1.29 is 4.39 Å². The van der Waals surface area contributed by atoms with Crippen LogP contribution in [0.15, 0.2) is 27.1 Å². The van der Waals surface area contributed by atoms with E-state index in [-0.39, 0.29) is 11.9 Å². The molecule has 0 spiro atoms. The molecule has 1 N–H and O–H groups in total. The first-order valence-corrected chi connectivity index (χ1v) is 8.40. The van der Waals surface area contributed by atoms with Crippen LogP contribution in [-0.2, 0) is 13.0 Å². The van der Waals surface area contributed by atoms with E-state index < -0.39 is 0 Å². The Morgan fingerprint density at radius 1 is 1.38 bits per heavy atom. The van der Waals surface area contributed by atoms with Gasteiger partial charge in [0, 0.05) is 23.5 Å². The zero-order valence-electron chi connectivity index (χ0n) is 12.3. The van der Waals surface area contributed by atoms with Crippen LogP contribution in [0.25, 0.3) is 0 Å². The molecule has 21 heavy (non-hydrogen) atoms. The molecule has 2 rings (SSSR count). The third-order valence-corrected chi connectivity index (χ3v) is 5.25. The molecule has 0 bridgehead atoms. The Hall–Kier alpha value is -0.720. The molecule has 0 amide bonds. The standard InChI is InChI=1S/C15H18Br2FN3/c1-4-21-14(15(17)9(2)20-21)8-13(19-3)11-6-5-10(18)7-12(11)16/h5-7,13,19H,4,8H2,1-3H3. The second kappa shape index (κ2) is 7.03. The summed E-state index contributed by atoms with van der Waals surface area (Å²) in [5, 5.41) is 7.82. The molecule has 0 aliphatic heterocycles. The molecule has 3 nitrogen and oxygen atoms in total. The van der Waals surface area contributed by atoms with Crippen molar-refractivity contribution in [2.24, 2.45) is 0 Å². The monoisotopic (exact) mass is 417 g/mol. The topological polar surface area (TPSA) is 29.9 Å². The third-order valence-electron chi connectivity index (χ3n) is 3.54. The summed E-state index contributed by atoms with van der Waals surface area (Å²) in [4.78, 5) is 0. The van der Waals surface area contributed by atoms with Gasteiger partial charge in [0.1, 0.15) is 5.82 Å². The number of hydrogen-bond donors (Lipinski definition) is 1. The maximum Gasteiger partial charge on any atom is 0.124 e. The lowest BCUT2D eigenvalue weighted by atomic mass is 10.0. The summed E-state index contributed by atoms with van der Waals surface area (Å²) in [5.74, 6) is -0.240. The van der Waals surface area contributed by atoms with Crippen molar-refractivity contribution in [2.75, 3.05) is 7.05 Å². The Kier molecular flexibility index (Phi) is 5.57. The summed E-state index contributed by atoms with van der Waals surface area (Å²) >= 11 is 7.07. The predicted molar refractivity (Wildman–Crippen MR) is 89.9 cm³/mol. The van der Waals surface area contributed by atoms with E-state index in [1.165, 1.54) is 12.1 Å². The van der Waals surface area contributed by atoms with E-state index in [1.807, 2.05) is 24.7 Å². The SMILES string of the molecule is CCn1nc(C)c(Br)c1CC(NC)c1ccc(F)cc1Br. The van der Waals surface area contributed by atoms with Crippen molar-refractivity contribution in [3.63, 3.8) is 0 Å². The Labute approximate surface area is 141 Å². The molecule has 1 atom stereocenters. The molecule has 0 fully saturated rings. The van der Waals surface area contributed by atoms with E-state index in [1.54, 1.807) is 0 Å². The quantitative estimate of drug-likeness (QED) is 0.780.